The number of nitrogens with one attached hydrogen (secondary N) is 1. The lowest BCUT2D eigenvalue weighted by Gasteiger charge is -2.21. The minimum atomic E-state index is -3.68. The van der Waals surface area contributed by atoms with E-state index in [4.69, 9.17) is 0 Å². The SMILES string of the molecule is CC(C)c1ccc(N(CC(=O)N/N=C\c2ccc([N+](=O)[O-])cc2)S(C)(=O)=O)cc1. The number of carbonyl (C=O) groups excluding carboxylic acids is 1. The van der Waals surface area contributed by atoms with E-state index in [9.17, 15) is 23.3 Å². The molecule has 0 unspecified atom stereocenters. The third-order valence-corrected chi connectivity index (χ3v) is 5.18. The molecule has 0 saturated carbocycles. The number of hydrazone groups is 1. The third-order valence-electron chi connectivity index (χ3n) is 4.04. The van der Waals surface area contributed by atoms with E-state index in [1.807, 2.05) is 26.0 Å². The molecule has 29 heavy (non-hydrogen) atoms. The van der Waals surface area contributed by atoms with Crippen LogP contribution in [0, 0.1) is 10.1 Å². The first-order valence-electron chi connectivity index (χ1n) is 8.72. The van der Waals surface area contributed by atoms with E-state index in [2.05, 4.69) is 10.5 Å². The van der Waals surface area contributed by atoms with Crippen molar-refractivity contribution in [2.75, 3.05) is 17.1 Å². The third kappa shape index (κ3) is 6.39. The van der Waals surface area contributed by atoms with Crippen LogP contribution in [0.2, 0.25) is 0 Å². The van der Waals surface area contributed by atoms with Gasteiger partial charge in [-0.25, -0.2) is 13.8 Å². The van der Waals surface area contributed by atoms with Crippen molar-refractivity contribution in [3.05, 3.63) is 69.8 Å². The molecule has 2 aromatic rings. The van der Waals surface area contributed by atoms with Gasteiger partial charge in [0.25, 0.3) is 11.6 Å². The number of nitro groups is 1. The molecule has 0 aromatic heterocycles. The fourth-order valence-electron chi connectivity index (χ4n) is 2.45. The zero-order valence-electron chi connectivity index (χ0n) is 16.3. The molecule has 2 rings (SSSR count). The van der Waals surface area contributed by atoms with Crippen LogP contribution in [-0.2, 0) is 14.8 Å². The van der Waals surface area contributed by atoms with Gasteiger partial charge >= 0.3 is 0 Å². The molecule has 0 atom stereocenters. The standard InChI is InChI=1S/C19H22N4O5S/c1-14(2)16-6-10-17(11-7-16)22(29(3,27)28)13-19(24)21-20-12-15-4-8-18(9-5-15)23(25)26/h4-12,14H,13H2,1-3H3,(H,21,24)/b20-12-. The molecule has 0 heterocycles. The number of nitro benzene ring substituents is 1. The Kier molecular flexibility index (Phi) is 7.05. The van der Waals surface area contributed by atoms with Gasteiger partial charge in [-0.3, -0.25) is 19.2 Å². The van der Waals surface area contributed by atoms with Gasteiger partial charge in [-0.1, -0.05) is 26.0 Å². The number of amides is 1. The van der Waals surface area contributed by atoms with Crippen molar-refractivity contribution in [1.29, 1.82) is 0 Å². The maximum absolute atomic E-state index is 12.2. The first-order chi connectivity index (χ1) is 13.6. The van der Waals surface area contributed by atoms with Gasteiger partial charge in [-0.05, 0) is 41.3 Å². The van der Waals surface area contributed by atoms with Crippen LogP contribution in [0.1, 0.15) is 30.9 Å². The number of rotatable bonds is 8. The van der Waals surface area contributed by atoms with E-state index in [1.165, 1.54) is 30.5 Å². The first-order valence-corrected chi connectivity index (χ1v) is 10.6. The summed E-state index contributed by atoms with van der Waals surface area (Å²) in [4.78, 5) is 22.3. The average Bonchev–Trinajstić information content (AvgIpc) is 2.65. The van der Waals surface area contributed by atoms with Crippen LogP contribution in [0.4, 0.5) is 11.4 Å². The van der Waals surface area contributed by atoms with Crippen LogP contribution < -0.4 is 9.73 Å². The number of nitrogens with zero attached hydrogens (tertiary/aromatic N) is 3. The molecule has 0 aliphatic carbocycles. The van der Waals surface area contributed by atoms with Gasteiger partial charge in [0.1, 0.15) is 6.54 Å². The Morgan fingerprint density at radius 3 is 2.24 bits per heavy atom. The average molecular weight is 418 g/mol. The van der Waals surface area contributed by atoms with Crippen molar-refractivity contribution in [1.82, 2.24) is 5.43 Å². The molecule has 10 heteroatoms. The Labute approximate surface area is 169 Å². The number of hydrogen-bond acceptors (Lipinski definition) is 6. The number of benzene rings is 2. The quantitative estimate of drug-likeness (QED) is 0.401. The van der Waals surface area contributed by atoms with Crippen molar-refractivity contribution < 1.29 is 18.1 Å². The predicted molar refractivity (Wildman–Crippen MR) is 112 cm³/mol. The molecule has 9 nitrogen and oxygen atoms in total. The largest absolute Gasteiger partial charge is 0.271 e. The molecule has 1 amide bonds. The van der Waals surface area contributed by atoms with Crippen LogP contribution in [0.25, 0.3) is 0 Å². The fourth-order valence-corrected chi connectivity index (χ4v) is 3.31. The number of anilines is 1. The Bertz CT molecular complexity index is 1000. The highest BCUT2D eigenvalue weighted by molar-refractivity contribution is 7.92. The number of sulfonamides is 1. The van der Waals surface area contributed by atoms with Crippen LogP contribution in [0.15, 0.2) is 53.6 Å². The molecule has 0 radical (unpaired) electrons. The van der Waals surface area contributed by atoms with E-state index in [0.29, 0.717) is 17.2 Å². The second kappa shape index (κ2) is 9.28. The second-order valence-electron chi connectivity index (χ2n) is 6.66. The molecule has 2 aromatic carbocycles. The molecular weight excluding hydrogens is 396 g/mol. The topological polar surface area (TPSA) is 122 Å². The van der Waals surface area contributed by atoms with Gasteiger partial charge in [-0.2, -0.15) is 5.10 Å². The summed E-state index contributed by atoms with van der Waals surface area (Å²) in [5.41, 5.74) is 4.18. The monoisotopic (exact) mass is 418 g/mol. The summed E-state index contributed by atoms with van der Waals surface area (Å²) in [6, 6.07) is 12.5. The van der Waals surface area contributed by atoms with E-state index in [1.54, 1.807) is 12.1 Å². The number of non-ortho nitro benzene ring substituents is 1. The van der Waals surface area contributed by atoms with E-state index in [-0.39, 0.29) is 5.69 Å². The highest BCUT2D eigenvalue weighted by Crippen LogP contribution is 2.21. The smallest absolute Gasteiger partial charge is 0.269 e. The molecule has 0 aliphatic rings. The Morgan fingerprint density at radius 2 is 1.76 bits per heavy atom. The van der Waals surface area contributed by atoms with E-state index >= 15 is 0 Å². The lowest BCUT2D eigenvalue weighted by Crippen LogP contribution is -2.39. The Hall–Kier alpha value is -3.27. The van der Waals surface area contributed by atoms with Crippen LogP contribution in [0.3, 0.4) is 0 Å². The lowest BCUT2D eigenvalue weighted by atomic mass is 10.0. The van der Waals surface area contributed by atoms with Crippen molar-refractivity contribution in [2.45, 2.75) is 19.8 Å². The summed E-state index contributed by atoms with van der Waals surface area (Å²) >= 11 is 0. The second-order valence-corrected chi connectivity index (χ2v) is 8.56. The van der Waals surface area contributed by atoms with Gasteiger partial charge in [0.15, 0.2) is 0 Å². The highest BCUT2D eigenvalue weighted by atomic mass is 32.2. The first kappa shape index (κ1) is 22.0. The van der Waals surface area contributed by atoms with Crippen molar-refractivity contribution in [2.24, 2.45) is 5.10 Å². The van der Waals surface area contributed by atoms with Gasteiger partial charge in [0.2, 0.25) is 10.0 Å². The normalized spacial score (nSPS) is 11.6. The van der Waals surface area contributed by atoms with Gasteiger partial charge in [-0.15, -0.1) is 0 Å². The summed E-state index contributed by atoms with van der Waals surface area (Å²) in [6.45, 7) is 3.62. The number of hydrogen-bond donors (Lipinski definition) is 1. The fraction of sp³-hybridized carbons (Fsp3) is 0.263. The zero-order valence-corrected chi connectivity index (χ0v) is 17.1. The summed E-state index contributed by atoms with van der Waals surface area (Å²) in [5.74, 6) is -0.325. The van der Waals surface area contributed by atoms with Gasteiger partial charge < -0.3 is 0 Å². The number of carbonyl (C=O) groups is 1. The summed E-state index contributed by atoms with van der Waals surface area (Å²) in [7, 11) is -3.68. The van der Waals surface area contributed by atoms with Crippen LogP contribution in [0.5, 0.6) is 0 Å². The van der Waals surface area contributed by atoms with Crippen molar-refractivity contribution in [3.63, 3.8) is 0 Å². The van der Waals surface area contributed by atoms with Crippen LogP contribution in [-0.4, -0.2) is 38.3 Å². The lowest BCUT2D eigenvalue weighted by molar-refractivity contribution is -0.384. The molecule has 154 valence electrons. The predicted octanol–water partition coefficient (Wildman–Crippen LogP) is 2.63. The zero-order chi connectivity index (χ0) is 21.6. The van der Waals surface area contributed by atoms with Crippen molar-refractivity contribution in [3.8, 4) is 0 Å². The summed E-state index contributed by atoms with van der Waals surface area (Å²) in [6.07, 6.45) is 2.33. The van der Waals surface area contributed by atoms with E-state index < -0.39 is 27.4 Å². The minimum Gasteiger partial charge on any atom is -0.271 e. The summed E-state index contributed by atoms with van der Waals surface area (Å²) < 4.78 is 25.2. The maximum atomic E-state index is 12.2. The molecule has 0 bridgehead atoms. The van der Waals surface area contributed by atoms with E-state index in [0.717, 1.165) is 16.1 Å². The minimum absolute atomic E-state index is 0.0570. The van der Waals surface area contributed by atoms with Gasteiger partial charge in [0.05, 0.1) is 23.1 Å². The highest BCUT2D eigenvalue weighted by Gasteiger charge is 2.20. The molecule has 0 saturated heterocycles. The Balaban J connectivity index is 2.05. The molecule has 1 N–H and O–H groups in total. The molecule has 0 spiro atoms. The van der Waals surface area contributed by atoms with Gasteiger partial charge in [0, 0.05) is 12.1 Å². The summed E-state index contributed by atoms with van der Waals surface area (Å²) in [5, 5.41) is 14.4. The molecule has 0 aliphatic heterocycles. The van der Waals surface area contributed by atoms with Crippen LogP contribution >= 0.6 is 0 Å². The molecular formula is C19H22N4O5S. The van der Waals surface area contributed by atoms with Crippen molar-refractivity contribution >= 4 is 33.5 Å². The maximum Gasteiger partial charge on any atom is 0.269 e. The molecule has 0 fully saturated rings. The Morgan fingerprint density at radius 1 is 1.17 bits per heavy atom.